The minimum absolute atomic E-state index is 0.188. The van der Waals surface area contributed by atoms with E-state index in [-0.39, 0.29) is 5.91 Å². The van der Waals surface area contributed by atoms with Gasteiger partial charge in [-0.3, -0.25) is 4.79 Å². The summed E-state index contributed by atoms with van der Waals surface area (Å²) < 4.78 is 0. The van der Waals surface area contributed by atoms with Crippen molar-refractivity contribution in [2.75, 3.05) is 0 Å². The molecule has 3 nitrogen and oxygen atoms in total. The number of hydrogen-bond donors (Lipinski definition) is 1. The van der Waals surface area contributed by atoms with Gasteiger partial charge in [-0.2, -0.15) is 5.10 Å². The average molecular weight is 221 g/mol. The number of hydrazone groups is 1. The van der Waals surface area contributed by atoms with Crippen LogP contribution in [0.3, 0.4) is 0 Å². The van der Waals surface area contributed by atoms with Crippen LogP contribution in [0.1, 0.15) is 12.5 Å². The van der Waals surface area contributed by atoms with Gasteiger partial charge in [-0.1, -0.05) is 29.8 Å². The van der Waals surface area contributed by atoms with E-state index in [0.29, 0.717) is 16.3 Å². The third kappa shape index (κ3) is 1.92. The number of nitrogens with one attached hydrogen (secondary N) is 1. The second-order valence-electron chi connectivity index (χ2n) is 3.22. The summed E-state index contributed by atoms with van der Waals surface area (Å²) in [5.74, 6) is -0.188. The predicted molar refractivity (Wildman–Crippen MR) is 60.7 cm³/mol. The molecule has 0 aromatic heterocycles. The molecular weight excluding hydrogens is 212 g/mol. The van der Waals surface area contributed by atoms with E-state index in [9.17, 15) is 4.79 Å². The molecule has 0 unspecified atom stereocenters. The maximum atomic E-state index is 11.4. The van der Waals surface area contributed by atoms with E-state index < -0.39 is 0 Å². The number of carbonyl (C=O) groups is 1. The fraction of sp³-hybridized carbons (Fsp3) is 0.0909. The third-order valence-electron chi connectivity index (χ3n) is 2.16. The van der Waals surface area contributed by atoms with Crippen LogP contribution < -0.4 is 5.43 Å². The van der Waals surface area contributed by atoms with E-state index in [1.165, 1.54) is 0 Å². The largest absolute Gasteiger partial charge is 0.273 e. The predicted octanol–water partition coefficient (Wildman–Crippen LogP) is 2.23. The molecule has 0 saturated heterocycles. The molecule has 0 aliphatic carbocycles. The number of benzene rings is 1. The first-order chi connectivity index (χ1) is 7.18. The molecule has 4 heteroatoms. The highest BCUT2D eigenvalue weighted by molar-refractivity contribution is 6.33. The van der Waals surface area contributed by atoms with Crippen molar-refractivity contribution in [1.82, 2.24) is 5.43 Å². The maximum Gasteiger partial charge on any atom is 0.273 e. The lowest BCUT2D eigenvalue weighted by Crippen LogP contribution is -2.12. The molecule has 1 amide bonds. The van der Waals surface area contributed by atoms with Crippen LogP contribution in [0.25, 0.3) is 6.08 Å². The van der Waals surface area contributed by atoms with Gasteiger partial charge in [0.25, 0.3) is 5.91 Å². The molecule has 0 fully saturated rings. The lowest BCUT2D eigenvalue weighted by atomic mass is 10.1. The molecule has 1 heterocycles. The molecule has 1 aromatic rings. The van der Waals surface area contributed by atoms with Gasteiger partial charge in [0.05, 0.1) is 11.3 Å². The monoisotopic (exact) mass is 220 g/mol. The molecule has 0 bridgehead atoms. The van der Waals surface area contributed by atoms with Crippen molar-refractivity contribution in [1.29, 1.82) is 0 Å². The standard InChI is InChI=1S/C11H9ClN2O/c1-7-9(11(15)14-13-7)6-8-4-2-3-5-10(8)12/h2-6H,1H3,(H,14,15). The number of nitrogens with zero attached hydrogens (tertiary/aromatic N) is 1. The Labute approximate surface area is 92.4 Å². The van der Waals surface area contributed by atoms with Crippen molar-refractivity contribution in [2.45, 2.75) is 6.92 Å². The molecule has 2 rings (SSSR count). The average Bonchev–Trinajstić information content (AvgIpc) is 2.53. The number of halogens is 1. The Morgan fingerprint density at radius 3 is 2.73 bits per heavy atom. The van der Waals surface area contributed by atoms with Crippen LogP contribution in [0.15, 0.2) is 34.9 Å². The summed E-state index contributed by atoms with van der Waals surface area (Å²) in [6.45, 7) is 1.78. The third-order valence-corrected chi connectivity index (χ3v) is 2.51. The summed E-state index contributed by atoms with van der Waals surface area (Å²) in [5, 5.41) is 4.45. The highest BCUT2D eigenvalue weighted by Gasteiger charge is 2.18. The zero-order valence-corrected chi connectivity index (χ0v) is 8.88. The van der Waals surface area contributed by atoms with E-state index in [1.54, 1.807) is 19.1 Å². The highest BCUT2D eigenvalue weighted by Crippen LogP contribution is 2.19. The van der Waals surface area contributed by atoms with Crippen molar-refractivity contribution in [2.24, 2.45) is 5.10 Å². The topological polar surface area (TPSA) is 41.5 Å². The first kappa shape index (κ1) is 9.93. The SMILES string of the molecule is CC1=NNC(=O)C1=Cc1ccccc1Cl. The molecule has 0 spiro atoms. The fourth-order valence-corrected chi connectivity index (χ4v) is 1.53. The quantitative estimate of drug-likeness (QED) is 0.725. The van der Waals surface area contributed by atoms with Crippen LogP contribution >= 0.6 is 11.6 Å². The van der Waals surface area contributed by atoms with Crippen molar-refractivity contribution in [3.05, 3.63) is 40.4 Å². The van der Waals surface area contributed by atoms with Crippen LogP contribution in [0.4, 0.5) is 0 Å². The molecule has 1 aromatic carbocycles. The van der Waals surface area contributed by atoms with E-state index in [4.69, 9.17) is 11.6 Å². The molecular formula is C11H9ClN2O. The Balaban J connectivity index is 2.43. The second-order valence-corrected chi connectivity index (χ2v) is 3.62. The summed E-state index contributed by atoms with van der Waals surface area (Å²) in [6.07, 6.45) is 1.74. The molecule has 76 valence electrons. The van der Waals surface area contributed by atoms with Gasteiger partial charge in [0.1, 0.15) is 0 Å². The van der Waals surface area contributed by atoms with Crippen LogP contribution in [0.2, 0.25) is 5.02 Å². The van der Waals surface area contributed by atoms with Gasteiger partial charge in [-0.05, 0) is 24.6 Å². The minimum Gasteiger partial charge on any atom is -0.267 e. The van der Waals surface area contributed by atoms with Crippen molar-refractivity contribution < 1.29 is 4.79 Å². The van der Waals surface area contributed by atoms with Gasteiger partial charge < -0.3 is 0 Å². The maximum absolute atomic E-state index is 11.4. The zero-order chi connectivity index (χ0) is 10.8. The second kappa shape index (κ2) is 3.87. The van der Waals surface area contributed by atoms with Crippen molar-refractivity contribution >= 4 is 29.3 Å². The smallest absolute Gasteiger partial charge is 0.267 e. The van der Waals surface area contributed by atoms with Gasteiger partial charge in [-0.25, -0.2) is 5.43 Å². The Hall–Kier alpha value is -1.61. The number of carbonyl (C=O) groups excluding carboxylic acids is 1. The van der Waals surface area contributed by atoms with Crippen LogP contribution in [0, 0.1) is 0 Å². The van der Waals surface area contributed by atoms with Crippen LogP contribution in [-0.4, -0.2) is 11.6 Å². The van der Waals surface area contributed by atoms with Gasteiger partial charge in [0.15, 0.2) is 0 Å². The van der Waals surface area contributed by atoms with E-state index in [1.807, 2.05) is 18.2 Å². The Morgan fingerprint density at radius 1 is 1.40 bits per heavy atom. The number of hydrogen-bond acceptors (Lipinski definition) is 2. The van der Waals surface area contributed by atoms with E-state index in [0.717, 1.165) is 5.56 Å². The van der Waals surface area contributed by atoms with Crippen LogP contribution in [0.5, 0.6) is 0 Å². The first-order valence-electron chi connectivity index (χ1n) is 4.50. The first-order valence-corrected chi connectivity index (χ1v) is 4.87. The summed E-state index contributed by atoms with van der Waals surface area (Å²) in [4.78, 5) is 11.4. The molecule has 15 heavy (non-hydrogen) atoms. The lowest BCUT2D eigenvalue weighted by molar-refractivity contribution is -0.116. The van der Waals surface area contributed by atoms with E-state index >= 15 is 0 Å². The van der Waals surface area contributed by atoms with Gasteiger partial charge in [-0.15, -0.1) is 0 Å². The summed E-state index contributed by atoms with van der Waals surface area (Å²) >= 11 is 5.98. The zero-order valence-electron chi connectivity index (χ0n) is 8.12. The molecule has 0 atom stereocenters. The number of amides is 1. The van der Waals surface area contributed by atoms with E-state index in [2.05, 4.69) is 10.5 Å². The molecule has 0 radical (unpaired) electrons. The Bertz CT molecular complexity index is 477. The molecule has 1 aliphatic rings. The summed E-state index contributed by atoms with van der Waals surface area (Å²) in [7, 11) is 0. The molecule has 1 N–H and O–H groups in total. The fourth-order valence-electron chi connectivity index (χ4n) is 1.34. The normalized spacial score (nSPS) is 17.9. The van der Waals surface area contributed by atoms with Crippen molar-refractivity contribution in [3.8, 4) is 0 Å². The summed E-state index contributed by atoms with van der Waals surface area (Å²) in [5.41, 5.74) is 4.46. The molecule has 0 saturated carbocycles. The Kier molecular flexibility index (Phi) is 2.56. The van der Waals surface area contributed by atoms with Crippen molar-refractivity contribution in [3.63, 3.8) is 0 Å². The van der Waals surface area contributed by atoms with Crippen LogP contribution in [-0.2, 0) is 4.79 Å². The van der Waals surface area contributed by atoms with Gasteiger partial charge in [0, 0.05) is 5.02 Å². The highest BCUT2D eigenvalue weighted by atomic mass is 35.5. The minimum atomic E-state index is -0.188. The lowest BCUT2D eigenvalue weighted by Gasteiger charge is -1.98. The Morgan fingerprint density at radius 2 is 2.13 bits per heavy atom. The summed E-state index contributed by atoms with van der Waals surface area (Å²) in [6, 6.07) is 7.36. The number of rotatable bonds is 1. The van der Waals surface area contributed by atoms with Gasteiger partial charge >= 0.3 is 0 Å². The van der Waals surface area contributed by atoms with Gasteiger partial charge in [0.2, 0.25) is 0 Å². The molecule has 1 aliphatic heterocycles.